The van der Waals surface area contributed by atoms with E-state index in [0.717, 1.165) is 12.1 Å². The topological polar surface area (TPSA) is 183 Å². The highest BCUT2D eigenvalue weighted by Gasteiger charge is 2.40. The number of carboxylic acids is 4. The molecule has 10 nitrogen and oxygen atoms in total. The summed E-state index contributed by atoms with van der Waals surface area (Å²) in [6.07, 6.45) is 0. The van der Waals surface area contributed by atoms with Crippen LogP contribution in [0.4, 0.5) is 0 Å². The van der Waals surface area contributed by atoms with Crippen molar-refractivity contribution in [2.75, 3.05) is 0 Å². The van der Waals surface area contributed by atoms with Crippen molar-refractivity contribution in [3.63, 3.8) is 0 Å². The van der Waals surface area contributed by atoms with Crippen molar-refractivity contribution in [2.45, 2.75) is 11.8 Å². The summed E-state index contributed by atoms with van der Waals surface area (Å²) in [4.78, 5) is 72.1. The largest absolute Gasteiger partial charge is 0.480 e. The molecule has 2 aromatic carbocycles. The second-order valence-corrected chi connectivity index (χ2v) is 7.03. The average Bonchev–Trinajstić information content (AvgIpc) is 2.65. The first-order chi connectivity index (χ1) is 14.5. The molecule has 0 unspecified atom stereocenters. The molecule has 0 bridgehead atoms. The molecule has 0 aromatic heterocycles. The van der Waals surface area contributed by atoms with Crippen LogP contribution in [0, 0.1) is 0 Å². The minimum Gasteiger partial charge on any atom is -0.480 e. The number of ketones is 2. The molecule has 0 saturated heterocycles. The Morgan fingerprint density at radius 3 is 1.35 bits per heavy atom. The molecule has 0 atom stereocenters. The molecule has 1 aliphatic rings. The second-order valence-electron chi connectivity index (χ2n) is 6.59. The van der Waals surface area contributed by atoms with Crippen LogP contribution in [0.2, 0.25) is 5.02 Å². The lowest BCUT2D eigenvalue weighted by molar-refractivity contribution is -0.153. The van der Waals surface area contributed by atoms with E-state index in [1.54, 1.807) is 0 Å². The Morgan fingerprint density at radius 1 is 0.613 bits per heavy atom. The summed E-state index contributed by atoms with van der Waals surface area (Å²) in [7, 11) is 0. The van der Waals surface area contributed by atoms with Crippen LogP contribution in [0.25, 0.3) is 0 Å². The lowest BCUT2D eigenvalue weighted by Crippen LogP contribution is -2.30. The summed E-state index contributed by atoms with van der Waals surface area (Å²) in [5.74, 6) is -14.0. The van der Waals surface area contributed by atoms with Crippen molar-refractivity contribution in [3.05, 3.63) is 68.7 Å². The van der Waals surface area contributed by atoms with Gasteiger partial charge in [0, 0.05) is 27.3 Å². The van der Waals surface area contributed by atoms with E-state index in [9.17, 15) is 49.2 Å². The van der Waals surface area contributed by atoms with E-state index in [-0.39, 0.29) is 27.3 Å². The van der Waals surface area contributed by atoms with E-state index in [0.29, 0.717) is 0 Å². The number of aliphatic carboxylic acids is 4. The number of carbonyl (C=O) groups is 6. The average molecular weight is 447 g/mol. The zero-order chi connectivity index (χ0) is 23.2. The highest BCUT2D eigenvalue weighted by atomic mass is 35.5. The smallest absolute Gasteiger partial charge is 0.322 e. The van der Waals surface area contributed by atoms with Crippen molar-refractivity contribution >= 4 is 47.0 Å². The Morgan fingerprint density at radius 2 is 0.968 bits per heavy atom. The van der Waals surface area contributed by atoms with Gasteiger partial charge in [-0.1, -0.05) is 11.6 Å². The molecule has 0 radical (unpaired) electrons. The number of benzene rings is 2. The molecule has 2 aromatic rings. The van der Waals surface area contributed by atoms with Crippen LogP contribution in [-0.4, -0.2) is 55.9 Å². The van der Waals surface area contributed by atoms with Crippen LogP contribution in [0.15, 0.2) is 30.3 Å². The first kappa shape index (κ1) is 21.7. The SMILES string of the molecule is O=C1c2ccc(Cl)cc2C(=O)c2cc(C(C(=O)O)C(=O)O)c(C(C(=O)O)C(=O)O)cc21. The number of carboxylic acid groups (broad SMARTS) is 4. The number of fused-ring (bicyclic) bond motifs is 2. The summed E-state index contributed by atoms with van der Waals surface area (Å²) in [5.41, 5.74) is -2.41. The van der Waals surface area contributed by atoms with E-state index < -0.39 is 58.4 Å². The third-order valence-corrected chi connectivity index (χ3v) is 5.03. The fourth-order valence-corrected chi connectivity index (χ4v) is 3.62. The Kier molecular flexibility index (Phi) is 5.34. The molecule has 4 N–H and O–H groups in total. The lowest BCUT2D eigenvalue weighted by Gasteiger charge is -2.23. The van der Waals surface area contributed by atoms with Gasteiger partial charge in [-0.3, -0.25) is 28.8 Å². The normalized spacial score (nSPS) is 12.5. The second kappa shape index (κ2) is 7.65. The number of rotatable bonds is 6. The minimum atomic E-state index is -2.38. The number of hydrogen-bond donors (Lipinski definition) is 4. The molecule has 0 heterocycles. The van der Waals surface area contributed by atoms with Gasteiger partial charge in [0.1, 0.15) is 0 Å². The van der Waals surface area contributed by atoms with Gasteiger partial charge >= 0.3 is 23.9 Å². The maximum absolute atomic E-state index is 12.9. The van der Waals surface area contributed by atoms with Gasteiger partial charge in [-0.15, -0.1) is 0 Å². The predicted molar refractivity (Wildman–Crippen MR) is 101 cm³/mol. The van der Waals surface area contributed by atoms with Crippen LogP contribution >= 0.6 is 11.6 Å². The van der Waals surface area contributed by atoms with E-state index in [4.69, 9.17) is 11.6 Å². The molecule has 11 heteroatoms. The Labute approximate surface area is 177 Å². The van der Waals surface area contributed by atoms with Gasteiger partial charge in [-0.05, 0) is 41.5 Å². The molecule has 0 spiro atoms. The molecule has 0 amide bonds. The molecule has 1 aliphatic carbocycles. The zero-order valence-corrected chi connectivity index (χ0v) is 15.9. The molecule has 0 aliphatic heterocycles. The number of carbonyl (C=O) groups excluding carboxylic acids is 2. The third-order valence-electron chi connectivity index (χ3n) is 4.79. The molecular weight excluding hydrogens is 436 g/mol. The van der Waals surface area contributed by atoms with E-state index in [1.807, 2.05) is 0 Å². The number of halogens is 1. The first-order valence-corrected chi connectivity index (χ1v) is 8.81. The summed E-state index contributed by atoms with van der Waals surface area (Å²) in [6.45, 7) is 0. The van der Waals surface area contributed by atoms with Crippen molar-refractivity contribution in [1.82, 2.24) is 0 Å². The quantitative estimate of drug-likeness (QED) is 0.405. The lowest BCUT2D eigenvalue weighted by atomic mass is 9.78. The van der Waals surface area contributed by atoms with Crippen LogP contribution in [0.5, 0.6) is 0 Å². The Balaban J connectivity index is 2.40. The van der Waals surface area contributed by atoms with Crippen molar-refractivity contribution in [3.8, 4) is 0 Å². The highest BCUT2D eigenvalue weighted by Crippen LogP contribution is 2.36. The predicted octanol–water partition coefficient (Wildman–Crippen LogP) is 1.62. The Hall–Kier alpha value is -4.05. The number of hydrogen-bond acceptors (Lipinski definition) is 6. The first-order valence-electron chi connectivity index (χ1n) is 8.43. The van der Waals surface area contributed by atoms with Crippen LogP contribution in [-0.2, 0) is 19.2 Å². The van der Waals surface area contributed by atoms with Crippen molar-refractivity contribution in [1.29, 1.82) is 0 Å². The summed E-state index contributed by atoms with van der Waals surface area (Å²) in [5, 5.41) is 37.5. The highest BCUT2D eigenvalue weighted by molar-refractivity contribution is 6.33. The van der Waals surface area contributed by atoms with Gasteiger partial charge in [0.25, 0.3) is 0 Å². The molecule has 0 saturated carbocycles. The minimum absolute atomic E-state index is 0.0733. The maximum Gasteiger partial charge on any atom is 0.322 e. The Bertz CT molecular complexity index is 1180. The van der Waals surface area contributed by atoms with Crippen LogP contribution in [0.1, 0.15) is 54.8 Å². The zero-order valence-electron chi connectivity index (χ0n) is 15.2. The van der Waals surface area contributed by atoms with E-state index in [1.165, 1.54) is 18.2 Å². The maximum atomic E-state index is 12.9. The van der Waals surface area contributed by atoms with Crippen molar-refractivity contribution < 1.29 is 49.2 Å². The molecule has 0 fully saturated rings. The monoisotopic (exact) mass is 446 g/mol. The van der Waals surface area contributed by atoms with E-state index >= 15 is 0 Å². The van der Waals surface area contributed by atoms with Crippen molar-refractivity contribution in [2.24, 2.45) is 0 Å². The molecule has 158 valence electrons. The van der Waals surface area contributed by atoms with Crippen LogP contribution in [0.3, 0.4) is 0 Å². The molecule has 3 rings (SSSR count). The summed E-state index contributed by atoms with van der Waals surface area (Å²) < 4.78 is 0. The fourth-order valence-electron chi connectivity index (χ4n) is 3.44. The van der Waals surface area contributed by atoms with Gasteiger partial charge in [-0.25, -0.2) is 0 Å². The summed E-state index contributed by atoms with van der Waals surface area (Å²) >= 11 is 5.87. The standard InChI is InChI=1S/C20H11ClO10/c21-6-1-2-7-10(3-6)16(23)12-5-9(14(19(28)29)20(30)31)8(4-11(12)15(7)22)13(17(24)25)18(26)27/h1-5,13-14H,(H,24,25)(H,26,27)(H,28,29)(H,30,31). The van der Waals surface area contributed by atoms with E-state index in [2.05, 4.69) is 0 Å². The fraction of sp³-hybridized carbons (Fsp3) is 0.100. The van der Waals surface area contributed by atoms with Gasteiger partial charge in [0.05, 0.1) is 0 Å². The van der Waals surface area contributed by atoms with Crippen LogP contribution < -0.4 is 0 Å². The third kappa shape index (κ3) is 3.53. The summed E-state index contributed by atoms with van der Waals surface area (Å²) in [6, 6.07) is 5.32. The molecule has 31 heavy (non-hydrogen) atoms. The van der Waals surface area contributed by atoms with Gasteiger partial charge < -0.3 is 20.4 Å². The van der Waals surface area contributed by atoms with Gasteiger partial charge in [0.2, 0.25) is 0 Å². The van der Waals surface area contributed by atoms with Gasteiger partial charge in [-0.2, -0.15) is 0 Å². The molecular formula is C20H11ClO10. The van der Waals surface area contributed by atoms with Gasteiger partial charge in [0.15, 0.2) is 23.4 Å².